The molecule has 0 bridgehead atoms. The zero-order valence-electron chi connectivity index (χ0n) is 11.4. The largest absolute Gasteiger partial charge is 0.347 e. The van der Waals surface area contributed by atoms with Crippen molar-refractivity contribution in [1.82, 2.24) is 15.1 Å². The van der Waals surface area contributed by atoms with Crippen LogP contribution in [0.3, 0.4) is 0 Å². The van der Waals surface area contributed by atoms with Crippen LogP contribution in [0.15, 0.2) is 0 Å². The summed E-state index contributed by atoms with van der Waals surface area (Å²) in [5.41, 5.74) is -0.591. The van der Waals surface area contributed by atoms with Gasteiger partial charge in [0.05, 0.1) is 0 Å². The molecule has 2 rings (SSSR count). The van der Waals surface area contributed by atoms with Gasteiger partial charge in [0.25, 0.3) is 0 Å². The first kappa shape index (κ1) is 13.3. The van der Waals surface area contributed by atoms with Crippen LogP contribution in [0.25, 0.3) is 0 Å². The summed E-state index contributed by atoms with van der Waals surface area (Å²) in [6.07, 6.45) is 4.03. The van der Waals surface area contributed by atoms with Gasteiger partial charge < -0.3 is 15.1 Å². The molecule has 2 saturated heterocycles. The quantitative estimate of drug-likeness (QED) is 0.765. The average Bonchev–Trinajstić information content (AvgIpc) is 2.39. The predicted octanol–water partition coefficient (Wildman–Crippen LogP) is 0.209. The fourth-order valence-electron chi connectivity index (χ4n) is 3.11. The molecule has 5 nitrogen and oxygen atoms in total. The molecule has 0 aliphatic carbocycles. The number of likely N-dealkylation sites (tertiary alicyclic amines) is 1. The third-order valence-electron chi connectivity index (χ3n) is 4.08. The van der Waals surface area contributed by atoms with Crippen LogP contribution in [-0.2, 0) is 9.59 Å². The molecule has 102 valence electrons. The van der Waals surface area contributed by atoms with Crippen LogP contribution in [0, 0.1) is 0 Å². The normalized spacial score (nSPS) is 23.9. The molecular weight excluding hydrogens is 230 g/mol. The molecule has 2 aliphatic heterocycles. The Bertz CT molecular complexity index is 335. The molecule has 18 heavy (non-hydrogen) atoms. The Hall–Kier alpha value is -1.10. The topological polar surface area (TPSA) is 52.7 Å². The number of likely N-dealkylation sites (N-methyl/N-ethyl adjacent to an activating group) is 1. The first-order valence-electron chi connectivity index (χ1n) is 6.81. The zero-order valence-corrected chi connectivity index (χ0v) is 11.4. The van der Waals surface area contributed by atoms with Crippen LogP contribution < -0.4 is 5.32 Å². The highest BCUT2D eigenvalue weighted by molar-refractivity contribution is 5.91. The Labute approximate surface area is 108 Å². The number of rotatable bonds is 2. The van der Waals surface area contributed by atoms with E-state index in [1.54, 1.807) is 19.0 Å². The minimum Gasteiger partial charge on any atom is -0.347 e. The summed E-state index contributed by atoms with van der Waals surface area (Å²) in [6.45, 7) is 2.35. The molecule has 0 aromatic heterocycles. The second-order valence-electron chi connectivity index (χ2n) is 5.48. The number of amides is 2. The molecule has 2 heterocycles. The first-order valence-corrected chi connectivity index (χ1v) is 6.81. The van der Waals surface area contributed by atoms with Crippen molar-refractivity contribution in [3.05, 3.63) is 0 Å². The molecule has 2 fully saturated rings. The van der Waals surface area contributed by atoms with Crippen molar-refractivity contribution in [2.75, 3.05) is 33.7 Å². The molecule has 0 spiro atoms. The summed E-state index contributed by atoms with van der Waals surface area (Å²) in [5.74, 6) is 0.234. The van der Waals surface area contributed by atoms with Gasteiger partial charge in [0, 0.05) is 27.1 Å². The fraction of sp³-hybridized carbons (Fsp3) is 0.846. The van der Waals surface area contributed by atoms with E-state index >= 15 is 0 Å². The van der Waals surface area contributed by atoms with Gasteiger partial charge in [0.15, 0.2) is 0 Å². The van der Waals surface area contributed by atoms with E-state index in [0.717, 1.165) is 45.3 Å². The van der Waals surface area contributed by atoms with Crippen molar-refractivity contribution >= 4 is 11.8 Å². The lowest BCUT2D eigenvalue weighted by Crippen LogP contribution is -2.65. The highest BCUT2D eigenvalue weighted by atomic mass is 16.2. The minimum absolute atomic E-state index is 0.0826. The molecule has 0 radical (unpaired) electrons. The molecular formula is C13H23N3O2. The Kier molecular flexibility index (Phi) is 3.90. The zero-order chi connectivity index (χ0) is 13.2. The van der Waals surface area contributed by atoms with Gasteiger partial charge in [0.2, 0.25) is 11.8 Å². The molecule has 0 aromatic rings. The van der Waals surface area contributed by atoms with Gasteiger partial charge in [-0.25, -0.2) is 0 Å². The monoisotopic (exact) mass is 253 g/mol. The maximum atomic E-state index is 12.6. The minimum atomic E-state index is -0.591. The molecule has 0 unspecified atom stereocenters. The maximum Gasteiger partial charge on any atom is 0.248 e. The maximum absolute atomic E-state index is 12.6. The Morgan fingerprint density at radius 3 is 2.50 bits per heavy atom. The van der Waals surface area contributed by atoms with Gasteiger partial charge >= 0.3 is 0 Å². The SMILES string of the molecule is CN(C)C(=O)C1(N2CCCCC2=O)CCNCC1. The molecule has 2 aliphatic rings. The highest BCUT2D eigenvalue weighted by Crippen LogP contribution is 2.31. The predicted molar refractivity (Wildman–Crippen MR) is 69.1 cm³/mol. The first-order chi connectivity index (χ1) is 8.58. The van der Waals surface area contributed by atoms with E-state index in [2.05, 4.69) is 5.32 Å². The van der Waals surface area contributed by atoms with Crippen LogP contribution in [0.5, 0.6) is 0 Å². The van der Waals surface area contributed by atoms with Crippen LogP contribution in [-0.4, -0.2) is 60.9 Å². The van der Waals surface area contributed by atoms with Gasteiger partial charge in [-0.3, -0.25) is 9.59 Å². The summed E-state index contributed by atoms with van der Waals surface area (Å²) < 4.78 is 0. The van der Waals surface area contributed by atoms with E-state index < -0.39 is 5.54 Å². The summed E-state index contributed by atoms with van der Waals surface area (Å²) in [4.78, 5) is 28.2. The Morgan fingerprint density at radius 1 is 1.28 bits per heavy atom. The van der Waals surface area contributed by atoms with Crippen LogP contribution in [0.2, 0.25) is 0 Å². The lowest BCUT2D eigenvalue weighted by atomic mass is 9.83. The summed E-state index contributed by atoms with van der Waals surface area (Å²) in [6, 6.07) is 0. The number of nitrogens with one attached hydrogen (secondary N) is 1. The third kappa shape index (κ3) is 2.23. The van der Waals surface area contributed by atoms with Gasteiger partial charge in [-0.1, -0.05) is 0 Å². The highest BCUT2D eigenvalue weighted by Gasteiger charge is 2.47. The number of nitrogens with zero attached hydrogens (tertiary/aromatic N) is 2. The van der Waals surface area contributed by atoms with Crippen molar-refractivity contribution in [3.8, 4) is 0 Å². The van der Waals surface area contributed by atoms with E-state index in [1.807, 2.05) is 4.90 Å². The van der Waals surface area contributed by atoms with Crippen molar-refractivity contribution < 1.29 is 9.59 Å². The lowest BCUT2D eigenvalue weighted by molar-refractivity contribution is -0.156. The van der Waals surface area contributed by atoms with Crippen molar-refractivity contribution in [2.24, 2.45) is 0 Å². The summed E-state index contributed by atoms with van der Waals surface area (Å²) in [5, 5.41) is 3.28. The van der Waals surface area contributed by atoms with Gasteiger partial charge in [0.1, 0.15) is 5.54 Å². The van der Waals surface area contributed by atoms with E-state index in [4.69, 9.17) is 0 Å². The van der Waals surface area contributed by atoms with E-state index in [9.17, 15) is 9.59 Å². The third-order valence-corrected chi connectivity index (χ3v) is 4.08. The fourth-order valence-corrected chi connectivity index (χ4v) is 3.11. The molecule has 1 N–H and O–H groups in total. The van der Waals surface area contributed by atoms with Gasteiger partial charge in [-0.05, 0) is 38.8 Å². The Morgan fingerprint density at radius 2 is 1.94 bits per heavy atom. The summed E-state index contributed by atoms with van der Waals surface area (Å²) in [7, 11) is 3.56. The van der Waals surface area contributed by atoms with Gasteiger partial charge in [-0.15, -0.1) is 0 Å². The number of hydrogen-bond donors (Lipinski definition) is 1. The standard InChI is InChI=1S/C13H23N3O2/c1-15(2)12(18)13(6-8-14-9-7-13)16-10-4-3-5-11(16)17/h14H,3-10H2,1-2H3. The van der Waals surface area contributed by atoms with Crippen LogP contribution >= 0.6 is 0 Å². The van der Waals surface area contributed by atoms with Crippen molar-refractivity contribution in [1.29, 1.82) is 0 Å². The molecule has 0 atom stereocenters. The number of carbonyl (C=O) groups is 2. The number of hydrogen-bond acceptors (Lipinski definition) is 3. The molecule has 2 amide bonds. The van der Waals surface area contributed by atoms with E-state index in [0.29, 0.717) is 6.42 Å². The van der Waals surface area contributed by atoms with Crippen molar-refractivity contribution in [3.63, 3.8) is 0 Å². The second kappa shape index (κ2) is 5.26. The van der Waals surface area contributed by atoms with E-state index in [-0.39, 0.29) is 11.8 Å². The Balaban J connectivity index is 2.28. The average molecular weight is 253 g/mol. The molecule has 0 aromatic carbocycles. The van der Waals surface area contributed by atoms with E-state index in [1.165, 1.54) is 0 Å². The molecule has 0 saturated carbocycles. The molecule has 5 heteroatoms. The smallest absolute Gasteiger partial charge is 0.248 e. The lowest BCUT2D eigenvalue weighted by Gasteiger charge is -2.47. The summed E-state index contributed by atoms with van der Waals surface area (Å²) >= 11 is 0. The van der Waals surface area contributed by atoms with Crippen molar-refractivity contribution in [2.45, 2.75) is 37.6 Å². The van der Waals surface area contributed by atoms with Crippen LogP contribution in [0.4, 0.5) is 0 Å². The van der Waals surface area contributed by atoms with Crippen LogP contribution in [0.1, 0.15) is 32.1 Å². The van der Waals surface area contributed by atoms with Gasteiger partial charge in [-0.2, -0.15) is 0 Å². The number of piperidine rings is 2. The second-order valence-corrected chi connectivity index (χ2v) is 5.48. The number of carbonyl (C=O) groups excluding carboxylic acids is 2.